The van der Waals surface area contributed by atoms with Gasteiger partial charge in [0.15, 0.2) is 11.5 Å². The molecule has 6 heteroatoms. The zero-order chi connectivity index (χ0) is 13.8. The number of furan rings is 1. The molecule has 0 amide bonds. The van der Waals surface area contributed by atoms with Gasteiger partial charge in [0.1, 0.15) is 12.4 Å². The fourth-order valence-corrected chi connectivity index (χ4v) is 1.97. The van der Waals surface area contributed by atoms with Gasteiger partial charge in [-0.2, -0.15) is 0 Å². The third-order valence-corrected chi connectivity index (χ3v) is 3.01. The van der Waals surface area contributed by atoms with Crippen molar-refractivity contribution in [1.82, 2.24) is 0 Å². The summed E-state index contributed by atoms with van der Waals surface area (Å²) in [6.07, 6.45) is 0. The first-order valence-corrected chi connectivity index (χ1v) is 6.18. The van der Waals surface area contributed by atoms with Crippen LogP contribution in [-0.4, -0.2) is 18.2 Å². The molecule has 1 heterocycles. The van der Waals surface area contributed by atoms with Crippen molar-refractivity contribution in [3.05, 3.63) is 46.3 Å². The third kappa shape index (κ3) is 3.08. The van der Waals surface area contributed by atoms with E-state index in [-0.39, 0.29) is 12.4 Å². The van der Waals surface area contributed by atoms with Crippen LogP contribution in [0.5, 0.6) is 11.5 Å². The SMILES string of the molecule is COc1cccc(Br)c1OCc1ccc(C(=O)O)o1. The molecule has 0 saturated carbocycles. The first-order chi connectivity index (χ1) is 9.11. The lowest BCUT2D eigenvalue weighted by Crippen LogP contribution is -1.98. The lowest BCUT2D eigenvalue weighted by atomic mass is 10.3. The Balaban J connectivity index is 2.12. The first kappa shape index (κ1) is 13.5. The molecule has 2 rings (SSSR count). The lowest BCUT2D eigenvalue weighted by Gasteiger charge is -2.11. The van der Waals surface area contributed by atoms with Gasteiger partial charge in [-0.25, -0.2) is 4.79 Å². The van der Waals surface area contributed by atoms with Crippen LogP contribution < -0.4 is 9.47 Å². The number of carbonyl (C=O) groups is 1. The highest BCUT2D eigenvalue weighted by Gasteiger charge is 2.12. The van der Waals surface area contributed by atoms with E-state index in [4.69, 9.17) is 19.0 Å². The molecule has 1 aromatic carbocycles. The molecule has 19 heavy (non-hydrogen) atoms. The fourth-order valence-electron chi connectivity index (χ4n) is 1.50. The summed E-state index contributed by atoms with van der Waals surface area (Å²) in [5.74, 6) is 0.329. The van der Waals surface area contributed by atoms with Crippen LogP contribution in [0.4, 0.5) is 0 Å². The summed E-state index contributed by atoms with van der Waals surface area (Å²) in [6, 6.07) is 8.36. The van der Waals surface area contributed by atoms with Crippen LogP contribution in [0.3, 0.4) is 0 Å². The van der Waals surface area contributed by atoms with Gasteiger partial charge < -0.3 is 19.0 Å². The summed E-state index contributed by atoms with van der Waals surface area (Å²) in [6.45, 7) is 0.117. The van der Waals surface area contributed by atoms with E-state index in [1.807, 2.05) is 12.1 Å². The Kier molecular flexibility index (Phi) is 4.11. The van der Waals surface area contributed by atoms with E-state index < -0.39 is 5.97 Å². The van der Waals surface area contributed by atoms with E-state index in [9.17, 15) is 4.79 Å². The van der Waals surface area contributed by atoms with Crippen LogP contribution in [0, 0.1) is 0 Å². The van der Waals surface area contributed by atoms with E-state index >= 15 is 0 Å². The zero-order valence-electron chi connectivity index (χ0n) is 10.1. The predicted molar refractivity (Wildman–Crippen MR) is 70.7 cm³/mol. The van der Waals surface area contributed by atoms with Gasteiger partial charge in [-0.1, -0.05) is 6.07 Å². The van der Waals surface area contributed by atoms with E-state index in [2.05, 4.69) is 15.9 Å². The average molecular weight is 327 g/mol. The van der Waals surface area contributed by atoms with Crippen molar-refractivity contribution in [2.45, 2.75) is 6.61 Å². The molecule has 1 N–H and O–H groups in total. The monoisotopic (exact) mass is 326 g/mol. The summed E-state index contributed by atoms with van der Waals surface area (Å²) < 4.78 is 16.6. The molecule has 0 aliphatic heterocycles. The van der Waals surface area contributed by atoms with E-state index in [0.717, 1.165) is 4.47 Å². The van der Waals surface area contributed by atoms with Crippen molar-refractivity contribution in [2.24, 2.45) is 0 Å². The second-order valence-corrected chi connectivity index (χ2v) is 4.49. The normalized spacial score (nSPS) is 10.2. The highest BCUT2D eigenvalue weighted by Crippen LogP contribution is 2.35. The predicted octanol–water partition coefficient (Wildman–Crippen LogP) is 3.33. The number of rotatable bonds is 5. The van der Waals surface area contributed by atoms with Gasteiger partial charge in [-0.05, 0) is 40.2 Å². The number of benzene rings is 1. The summed E-state index contributed by atoms with van der Waals surface area (Å²) in [7, 11) is 1.55. The molecule has 0 saturated heterocycles. The first-order valence-electron chi connectivity index (χ1n) is 5.39. The van der Waals surface area contributed by atoms with E-state index in [1.165, 1.54) is 6.07 Å². The topological polar surface area (TPSA) is 68.9 Å². The molecule has 1 aromatic heterocycles. The van der Waals surface area contributed by atoms with Crippen LogP contribution >= 0.6 is 15.9 Å². The van der Waals surface area contributed by atoms with Gasteiger partial charge in [0.2, 0.25) is 5.76 Å². The quantitative estimate of drug-likeness (QED) is 0.912. The summed E-state index contributed by atoms with van der Waals surface area (Å²) in [4.78, 5) is 10.7. The smallest absolute Gasteiger partial charge is 0.371 e. The zero-order valence-corrected chi connectivity index (χ0v) is 11.6. The number of methoxy groups -OCH3 is 1. The molecule has 0 aliphatic carbocycles. The van der Waals surface area contributed by atoms with Crippen LogP contribution in [0.15, 0.2) is 39.2 Å². The Morgan fingerprint density at radius 1 is 1.37 bits per heavy atom. The Labute approximate surface area is 117 Å². The van der Waals surface area contributed by atoms with Crippen molar-refractivity contribution >= 4 is 21.9 Å². The number of carboxylic acids is 1. The van der Waals surface area contributed by atoms with Crippen LogP contribution in [0.2, 0.25) is 0 Å². The largest absolute Gasteiger partial charge is 0.493 e. The van der Waals surface area contributed by atoms with Crippen molar-refractivity contribution in [2.75, 3.05) is 7.11 Å². The van der Waals surface area contributed by atoms with Crippen molar-refractivity contribution in [1.29, 1.82) is 0 Å². The van der Waals surface area contributed by atoms with Crippen molar-refractivity contribution in [3.63, 3.8) is 0 Å². The fraction of sp³-hybridized carbons (Fsp3) is 0.154. The maximum atomic E-state index is 10.7. The van der Waals surface area contributed by atoms with Crippen LogP contribution in [0.25, 0.3) is 0 Å². The van der Waals surface area contributed by atoms with Gasteiger partial charge >= 0.3 is 5.97 Å². The molecule has 5 nitrogen and oxygen atoms in total. The molecule has 0 radical (unpaired) electrons. The number of carboxylic acid groups (broad SMARTS) is 1. The number of hydrogen-bond donors (Lipinski definition) is 1. The Morgan fingerprint density at radius 3 is 2.79 bits per heavy atom. The van der Waals surface area contributed by atoms with Crippen LogP contribution in [0.1, 0.15) is 16.3 Å². The molecule has 0 aliphatic rings. The van der Waals surface area contributed by atoms with Crippen molar-refractivity contribution in [3.8, 4) is 11.5 Å². The molecule has 0 atom stereocenters. The minimum Gasteiger partial charge on any atom is -0.493 e. The van der Waals surface area contributed by atoms with Gasteiger partial charge in [0.05, 0.1) is 11.6 Å². The molecule has 2 aromatic rings. The highest BCUT2D eigenvalue weighted by molar-refractivity contribution is 9.10. The Morgan fingerprint density at radius 2 is 2.16 bits per heavy atom. The Bertz CT molecular complexity index is 590. The van der Waals surface area contributed by atoms with Gasteiger partial charge in [0, 0.05) is 0 Å². The molecule has 0 bridgehead atoms. The van der Waals surface area contributed by atoms with Gasteiger partial charge in [0.25, 0.3) is 0 Å². The molecule has 100 valence electrons. The molecular formula is C13H11BrO5. The summed E-state index contributed by atoms with van der Waals surface area (Å²) >= 11 is 3.36. The number of ether oxygens (including phenoxy) is 2. The lowest BCUT2D eigenvalue weighted by molar-refractivity contribution is 0.0658. The maximum absolute atomic E-state index is 10.7. The number of aromatic carboxylic acids is 1. The number of hydrogen-bond acceptors (Lipinski definition) is 4. The van der Waals surface area contributed by atoms with Crippen molar-refractivity contribution < 1.29 is 23.8 Å². The second-order valence-electron chi connectivity index (χ2n) is 3.63. The minimum absolute atomic E-state index is 0.113. The standard InChI is InChI=1S/C13H11BrO5/c1-17-10-4-2-3-9(14)12(10)18-7-8-5-6-11(19-8)13(15)16/h2-6H,7H2,1H3,(H,15,16). The molecule has 0 unspecified atom stereocenters. The van der Waals surface area contributed by atoms with Gasteiger partial charge in [-0.3, -0.25) is 0 Å². The van der Waals surface area contributed by atoms with Gasteiger partial charge in [-0.15, -0.1) is 0 Å². The van der Waals surface area contributed by atoms with E-state index in [0.29, 0.717) is 17.3 Å². The number of para-hydroxylation sites is 1. The summed E-state index contributed by atoms with van der Waals surface area (Å²) in [5, 5.41) is 8.75. The number of halogens is 1. The summed E-state index contributed by atoms with van der Waals surface area (Å²) in [5.41, 5.74) is 0. The molecular weight excluding hydrogens is 316 g/mol. The second kappa shape index (κ2) is 5.79. The van der Waals surface area contributed by atoms with Crippen LogP contribution in [-0.2, 0) is 6.61 Å². The molecule has 0 spiro atoms. The third-order valence-electron chi connectivity index (χ3n) is 2.38. The average Bonchev–Trinajstić information content (AvgIpc) is 2.86. The highest BCUT2D eigenvalue weighted by atomic mass is 79.9. The maximum Gasteiger partial charge on any atom is 0.371 e. The van der Waals surface area contributed by atoms with E-state index in [1.54, 1.807) is 19.2 Å². The molecule has 0 fully saturated rings. The Hall–Kier alpha value is -1.95. The minimum atomic E-state index is -1.11.